The first kappa shape index (κ1) is 17.6. The average molecular weight is 340 g/mol. The van der Waals surface area contributed by atoms with E-state index in [9.17, 15) is 22.7 Å². The number of nitrogens with zero attached hydrogens (tertiary/aromatic N) is 1. The smallest absolute Gasteiger partial charge is 0.162 e. The summed E-state index contributed by atoms with van der Waals surface area (Å²) < 4.78 is 58.1. The largest absolute Gasteiger partial charge is 0.491 e. The van der Waals surface area contributed by atoms with Gasteiger partial charge in [0.2, 0.25) is 0 Å². The van der Waals surface area contributed by atoms with Crippen LogP contribution in [0.25, 0.3) is 0 Å². The predicted octanol–water partition coefficient (Wildman–Crippen LogP) is 2.97. The molecule has 0 saturated carbocycles. The van der Waals surface area contributed by atoms with E-state index in [4.69, 9.17) is 10.00 Å². The molecule has 2 rings (SSSR count). The van der Waals surface area contributed by atoms with Crippen molar-refractivity contribution in [2.24, 2.45) is 0 Å². The number of nitriles is 1. The quantitative estimate of drug-likeness (QED) is 0.794. The lowest BCUT2D eigenvalue weighted by molar-refractivity contribution is 0.117. The Hall–Kier alpha value is -2.79. The summed E-state index contributed by atoms with van der Waals surface area (Å²) in [6, 6.07) is 6.19. The number of aliphatic hydroxyl groups excluding tert-OH is 1. The minimum Gasteiger partial charge on any atom is -0.491 e. The number of rotatable bonds is 6. The van der Waals surface area contributed by atoms with E-state index in [2.05, 4.69) is 5.32 Å². The summed E-state index contributed by atoms with van der Waals surface area (Å²) in [5, 5.41) is 20.7. The second-order valence-corrected chi connectivity index (χ2v) is 4.85. The van der Waals surface area contributed by atoms with Crippen molar-refractivity contribution in [3.8, 4) is 11.8 Å². The normalized spacial score (nSPS) is 11.7. The molecule has 0 fully saturated rings. The van der Waals surface area contributed by atoms with E-state index in [0.717, 1.165) is 24.3 Å². The molecule has 126 valence electrons. The summed E-state index contributed by atoms with van der Waals surface area (Å²) in [4.78, 5) is 0. The van der Waals surface area contributed by atoms with Crippen LogP contribution in [0.3, 0.4) is 0 Å². The van der Waals surface area contributed by atoms with Crippen molar-refractivity contribution in [2.75, 3.05) is 18.5 Å². The zero-order valence-corrected chi connectivity index (χ0v) is 12.2. The van der Waals surface area contributed by atoms with Crippen LogP contribution in [0.2, 0.25) is 0 Å². The van der Waals surface area contributed by atoms with Gasteiger partial charge in [0, 0.05) is 12.6 Å². The Balaban J connectivity index is 1.90. The molecule has 0 spiro atoms. The molecule has 8 heteroatoms. The Labute approximate surface area is 134 Å². The Morgan fingerprint density at radius 3 is 2.29 bits per heavy atom. The maximum absolute atomic E-state index is 13.6. The Morgan fingerprint density at radius 2 is 1.71 bits per heavy atom. The molecule has 0 aliphatic heterocycles. The fraction of sp³-hybridized carbons (Fsp3) is 0.188. The maximum Gasteiger partial charge on any atom is 0.162 e. The van der Waals surface area contributed by atoms with Gasteiger partial charge >= 0.3 is 0 Å². The van der Waals surface area contributed by atoms with Crippen molar-refractivity contribution >= 4 is 5.69 Å². The van der Waals surface area contributed by atoms with Crippen LogP contribution in [0.1, 0.15) is 5.56 Å². The van der Waals surface area contributed by atoms with Gasteiger partial charge in [0.1, 0.15) is 24.1 Å². The number of halogens is 4. The summed E-state index contributed by atoms with van der Waals surface area (Å²) in [6.45, 7) is -0.568. The Morgan fingerprint density at radius 1 is 1.04 bits per heavy atom. The molecule has 0 aromatic heterocycles. The van der Waals surface area contributed by atoms with E-state index >= 15 is 0 Å². The average Bonchev–Trinajstić information content (AvgIpc) is 2.55. The van der Waals surface area contributed by atoms with E-state index < -0.39 is 35.1 Å². The lowest BCUT2D eigenvalue weighted by Crippen LogP contribution is -2.27. The van der Waals surface area contributed by atoms with Crippen LogP contribution in [0.15, 0.2) is 30.3 Å². The van der Waals surface area contributed by atoms with Crippen molar-refractivity contribution in [1.82, 2.24) is 0 Å². The van der Waals surface area contributed by atoms with Crippen LogP contribution in [-0.4, -0.2) is 24.4 Å². The van der Waals surface area contributed by atoms with Crippen molar-refractivity contribution in [3.05, 3.63) is 59.2 Å². The monoisotopic (exact) mass is 340 g/mol. The summed E-state index contributed by atoms with van der Waals surface area (Å²) in [5.41, 5.74) is -0.654. The number of ether oxygens (including phenoxy) is 1. The highest BCUT2D eigenvalue weighted by atomic mass is 19.2. The molecule has 0 heterocycles. The number of hydrogen-bond donors (Lipinski definition) is 2. The van der Waals surface area contributed by atoms with Crippen LogP contribution >= 0.6 is 0 Å². The highest BCUT2D eigenvalue weighted by molar-refractivity contribution is 5.50. The molecule has 2 N–H and O–H groups in total. The Kier molecular flexibility index (Phi) is 5.60. The van der Waals surface area contributed by atoms with Crippen molar-refractivity contribution in [2.45, 2.75) is 6.10 Å². The van der Waals surface area contributed by atoms with Crippen LogP contribution in [0.5, 0.6) is 5.75 Å². The third-order valence-electron chi connectivity index (χ3n) is 3.02. The summed E-state index contributed by atoms with van der Waals surface area (Å²) in [5.74, 6) is -4.07. The molecule has 24 heavy (non-hydrogen) atoms. The first-order chi connectivity index (χ1) is 11.4. The number of aliphatic hydroxyl groups is 1. The van der Waals surface area contributed by atoms with Crippen LogP contribution in [0.4, 0.5) is 23.2 Å². The molecule has 1 unspecified atom stereocenters. The van der Waals surface area contributed by atoms with Gasteiger partial charge in [-0.15, -0.1) is 0 Å². The summed E-state index contributed by atoms with van der Waals surface area (Å²) in [6.07, 6.45) is -1.17. The molecule has 0 saturated heterocycles. The fourth-order valence-corrected chi connectivity index (χ4v) is 1.84. The van der Waals surface area contributed by atoms with Crippen LogP contribution < -0.4 is 10.1 Å². The molecule has 4 nitrogen and oxygen atoms in total. The van der Waals surface area contributed by atoms with Gasteiger partial charge in [-0.05, 0) is 24.3 Å². The van der Waals surface area contributed by atoms with Gasteiger partial charge in [0.05, 0.1) is 11.6 Å². The van der Waals surface area contributed by atoms with Gasteiger partial charge in [-0.25, -0.2) is 17.6 Å². The number of benzene rings is 2. The van der Waals surface area contributed by atoms with Gasteiger partial charge in [-0.2, -0.15) is 5.26 Å². The van der Waals surface area contributed by atoms with Crippen molar-refractivity contribution in [3.63, 3.8) is 0 Å². The van der Waals surface area contributed by atoms with Crippen molar-refractivity contribution < 1.29 is 27.4 Å². The second-order valence-electron chi connectivity index (χ2n) is 4.85. The van der Waals surface area contributed by atoms with E-state index in [1.54, 1.807) is 6.07 Å². The molecular weight excluding hydrogens is 328 g/mol. The van der Waals surface area contributed by atoms with E-state index in [1.807, 2.05) is 0 Å². The van der Waals surface area contributed by atoms with Crippen molar-refractivity contribution in [1.29, 1.82) is 5.26 Å². The minimum absolute atomic E-state index is 0.00341. The van der Waals surface area contributed by atoms with Gasteiger partial charge < -0.3 is 15.2 Å². The Bertz CT molecular complexity index is 754. The van der Waals surface area contributed by atoms with Gasteiger partial charge in [0.25, 0.3) is 0 Å². The molecule has 0 aliphatic carbocycles. The molecule has 1 atom stereocenters. The molecule has 0 aliphatic rings. The van der Waals surface area contributed by atoms with Gasteiger partial charge in [-0.3, -0.25) is 0 Å². The predicted molar refractivity (Wildman–Crippen MR) is 77.4 cm³/mol. The van der Waals surface area contributed by atoms with E-state index in [0.29, 0.717) is 0 Å². The number of nitrogens with one attached hydrogen (secondary N) is 1. The van der Waals surface area contributed by atoms with E-state index in [-0.39, 0.29) is 24.5 Å². The molecule has 0 amide bonds. The molecule has 0 bridgehead atoms. The topological polar surface area (TPSA) is 65.3 Å². The van der Waals surface area contributed by atoms with Gasteiger partial charge in [0.15, 0.2) is 23.3 Å². The lowest BCUT2D eigenvalue weighted by atomic mass is 10.2. The standard InChI is InChI=1S/C16H12F4N2O2/c17-12-2-1-11(5-13(12)18)24-8-10(23)7-22-16-14(19)3-9(6-21)4-15(16)20/h1-5,10,22-23H,7-8H2. The first-order valence-corrected chi connectivity index (χ1v) is 6.79. The molecule has 0 radical (unpaired) electrons. The zero-order valence-electron chi connectivity index (χ0n) is 12.2. The highest BCUT2D eigenvalue weighted by Gasteiger charge is 2.13. The molecular formula is C16H12F4N2O2. The zero-order chi connectivity index (χ0) is 17.7. The SMILES string of the molecule is N#Cc1cc(F)c(NCC(O)COc2ccc(F)c(F)c2)c(F)c1. The number of anilines is 1. The third-order valence-corrected chi connectivity index (χ3v) is 3.02. The number of hydrogen-bond acceptors (Lipinski definition) is 4. The minimum atomic E-state index is -1.17. The highest BCUT2D eigenvalue weighted by Crippen LogP contribution is 2.20. The molecule has 2 aromatic rings. The first-order valence-electron chi connectivity index (χ1n) is 6.79. The van der Waals surface area contributed by atoms with E-state index in [1.165, 1.54) is 6.07 Å². The molecule has 2 aromatic carbocycles. The third kappa shape index (κ3) is 4.36. The summed E-state index contributed by atoms with van der Waals surface area (Å²) in [7, 11) is 0. The van der Waals surface area contributed by atoms with Crippen LogP contribution in [0, 0.1) is 34.6 Å². The maximum atomic E-state index is 13.6. The fourth-order valence-electron chi connectivity index (χ4n) is 1.84. The summed E-state index contributed by atoms with van der Waals surface area (Å²) >= 11 is 0. The second kappa shape index (κ2) is 7.66. The lowest BCUT2D eigenvalue weighted by Gasteiger charge is -2.15. The van der Waals surface area contributed by atoms with Crippen LogP contribution in [-0.2, 0) is 0 Å². The van der Waals surface area contributed by atoms with Gasteiger partial charge in [-0.1, -0.05) is 0 Å².